The van der Waals surface area contributed by atoms with E-state index in [1.165, 1.54) is 10.9 Å². The third kappa shape index (κ3) is 2.53. The standard InChI is InChI=1S/C15H15ClN4/c1-17-8-11-9-20(10-15-18-5-2-6-19-15)14-7-12(16)3-4-13(11)14/h2-7,9,17H,8,10H2,1H3. The summed E-state index contributed by atoms with van der Waals surface area (Å²) in [6, 6.07) is 7.79. The maximum Gasteiger partial charge on any atom is 0.147 e. The Morgan fingerprint density at radius 1 is 1.25 bits per heavy atom. The van der Waals surface area contributed by atoms with Crippen LogP contribution in [0.25, 0.3) is 10.9 Å². The van der Waals surface area contributed by atoms with Crippen LogP contribution in [0.5, 0.6) is 0 Å². The van der Waals surface area contributed by atoms with Gasteiger partial charge in [0, 0.05) is 35.5 Å². The van der Waals surface area contributed by atoms with Gasteiger partial charge in [-0.3, -0.25) is 0 Å². The van der Waals surface area contributed by atoms with Crippen LogP contribution in [-0.2, 0) is 13.1 Å². The maximum atomic E-state index is 6.12. The molecular weight excluding hydrogens is 272 g/mol. The zero-order valence-electron chi connectivity index (χ0n) is 11.2. The van der Waals surface area contributed by atoms with Crippen molar-refractivity contribution in [2.75, 3.05) is 7.05 Å². The Balaban J connectivity index is 2.07. The number of nitrogens with zero attached hydrogens (tertiary/aromatic N) is 3. The van der Waals surface area contributed by atoms with Crippen molar-refractivity contribution in [2.45, 2.75) is 13.1 Å². The first-order valence-electron chi connectivity index (χ1n) is 6.45. The van der Waals surface area contributed by atoms with Crippen LogP contribution in [0.1, 0.15) is 11.4 Å². The van der Waals surface area contributed by atoms with Crippen molar-refractivity contribution in [3.05, 3.63) is 59.3 Å². The molecule has 102 valence electrons. The summed E-state index contributed by atoms with van der Waals surface area (Å²) in [7, 11) is 1.94. The predicted octanol–water partition coefficient (Wildman–Crippen LogP) is 2.85. The lowest BCUT2D eigenvalue weighted by Crippen LogP contribution is -2.05. The summed E-state index contributed by atoms with van der Waals surface area (Å²) in [6.07, 6.45) is 5.65. The lowest BCUT2D eigenvalue weighted by Gasteiger charge is -2.04. The zero-order valence-corrected chi connectivity index (χ0v) is 11.9. The molecule has 1 aromatic carbocycles. The van der Waals surface area contributed by atoms with E-state index in [0.717, 1.165) is 22.9 Å². The summed E-state index contributed by atoms with van der Waals surface area (Å²) in [6.45, 7) is 1.46. The van der Waals surface area contributed by atoms with Crippen LogP contribution in [0.4, 0.5) is 0 Å². The van der Waals surface area contributed by atoms with Gasteiger partial charge in [0.05, 0.1) is 12.1 Å². The lowest BCUT2D eigenvalue weighted by atomic mass is 10.2. The molecule has 20 heavy (non-hydrogen) atoms. The van der Waals surface area contributed by atoms with E-state index in [1.54, 1.807) is 12.4 Å². The van der Waals surface area contributed by atoms with E-state index in [-0.39, 0.29) is 0 Å². The van der Waals surface area contributed by atoms with Gasteiger partial charge < -0.3 is 9.88 Å². The van der Waals surface area contributed by atoms with Crippen molar-refractivity contribution in [3.8, 4) is 0 Å². The molecule has 2 aromatic heterocycles. The van der Waals surface area contributed by atoms with Crippen LogP contribution in [0.2, 0.25) is 5.02 Å². The predicted molar refractivity (Wildman–Crippen MR) is 80.8 cm³/mol. The molecule has 0 bridgehead atoms. The second-order valence-electron chi connectivity index (χ2n) is 4.64. The Kier molecular flexibility index (Phi) is 3.67. The van der Waals surface area contributed by atoms with E-state index in [0.29, 0.717) is 6.54 Å². The van der Waals surface area contributed by atoms with Gasteiger partial charge in [-0.1, -0.05) is 17.7 Å². The smallest absolute Gasteiger partial charge is 0.147 e. The molecule has 0 saturated heterocycles. The second-order valence-corrected chi connectivity index (χ2v) is 5.08. The molecule has 0 fully saturated rings. The first kappa shape index (κ1) is 13.1. The summed E-state index contributed by atoms with van der Waals surface area (Å²) in [5.41, 5.74) is 2.35. The second kappa shape index (κ2) is 5.61. The number of hydrogen-bond donors (Lipinski definition) is 1. The van der Waals surface area contributed by atoms with Gasteiger partial charge in [-0.25, -0.2) is 9.97 Å². The fourth-order valence-electron chi connectivity index (χ4n) is 2.37. The molecule has 0 aliphatic rings. The maximum absolute atomic E-state index is 6.12. The molecule has 0 saturated carbocycles. The molecule has 1 N–H and O–H groups in total. The fraction of sp³-hybridized carbons (Fsp3) is 0.200. The fourth-order valence-corrected chi connectivity index (χ4v) is 2.53. The van der Waals surface area contributed by atoms with Crippen molar-refractivity contribution in [1.82, 2.24) is 19.9 Å². The summed E-state index contributed by atoms with van der Waals surface area (Å²) < 4.78 is 2.14. The third-order valence-corrected chi connectivity index (χ3v) is 3.46. The van der Waals surface area contributed by atoms with Gasteiger partial charge in [-0.15, -0.1) is 0 Å². The minimum atomic E-state index is 0.640. The molecule has 0 radical (unpaired) electrons. The number of rotatable bonds is 4. The van der Waals surface area contributed by atoms with Crippen molar-refractivity contribution in [2.24, 2.45) is 0 Å². The first-order chi connectivity index (χ1) is 9.78. The van der Waals surface area contributed by atoms with Gasteiger partial charge >= 0.3 is 0 Å². The Morgan fingerprint density at radius 3 is 2.80 bits per heavy atom. The van der Waals surface area contributed by atoms with Gasteiger partial charge in [0.15, 0.2) is 0 Å². The molecule has 0 atom stereocenters. The van der Waals surface area contributed by atoms with Gasteiger partial charge in [-0.2, -0.15) is 0 Å². The average molecular weight is 287 g/mol. The normalized spacial score (nSPS) is 11.1. The van der Waals surface area contributed by atoms with Crippen LogP contribution < -0.4 is 5.32 Å². The molecule has 0 aliphatic carbocycles. The van der Waals surface area contributed by atoms with E-state index in [9.17, 15) is 0 Å². The molecule has 3 aromatic rings. The van der Waals surface area contributed by atoms with E-state index < -0.39 is 0 Å². The number of aromatic nitrogens is 3. The molecular formula is C15H15ClN4. The topological polar surface area (TPSA) is 42.7 Å². The summed E-state index contributed by atoms with van der Waals surface area (Å²) in [5, 5.41) is 5.14. The van der Waals surface area contributed by atoms with E-state index in [1.807, 2.05) is 25.2 Å². The van der Waals surface area contributed by atoms with Crippen molar-refractivity contribution in [1.29, 1.82) is 0 Å². The lowest BCUT2D eigenvalue weighted by molar-refractivity contribution is 0.758. The van der Waals surface area contributed by atoms with E-state index in [2.05, 4.69) is 32.1 Å². The minimum absolute atomic E-state index is 0.640. The molecule has 5 heteroatoms. The Labute approximate surface area is 122 Å². The number of halogens is 1. The first-order valence-corrected chi connectivity index (χ1v) is 6.83. The minimum Gasteiger partial charge on any atom is -0.339 e. The Hall–Kier alpha value is -1.91. The Morgan fingerprint density at radius 2 is 2.05 bits per heavy atom. The van der Waals surface area contributed by atoms with Crippen LogP contribution in [0.15, 0.2) is 42.9 Å². The van der Waals surface area contributed by atoms with E-state index >= 15 is 0 Å². The van der Waals surface area contributed by atoms with Gasteiger partial charge in [-0.05, 0) is 30.8 Å². The molecule has 3 rings (SSSR count). The van der Waals surface area contributed by atoms with Crippen LogP contribution in [-0.4, -0.2) is 21.6 Å². The SMILES string of the molecule is CNCc1cn(Cc2ncccn2)c2cc(Cl)ccc12. The highest BCUT2D eigenvalue weighted by Gasteiger charge is 2.09. The zero-order chi connectivity index (χ0) is 13.9. The summed E-state index contributed by atoms with van der Waals surface area (Å²) >= 11 is 6.12. The van der Waals surface area contributed by atoms with Crippen molar-refractivity contribution in [3.63, 3.8) is 0 Å². The number of benzene rings is 1. The highest BCUT2D eigenvalue weighted by atomic mass is 35.5. The van der Waals surface area contributed by atoms with Gasteiger partial charge in [0.1, 0.15) is 5.82 Å². The monoisotopic (exact) mass is 286 g/mol. The summed E-state index contributed by atoms with van der Waals surface area (Å²) in [4.78, 5) is 8.56. The van der Waals surface area contributed by atoms with Crippen LogP contribution in [0, 0.1) is 0 Å². The number of nitrogens with one attached hydrogen (secondary N) is 1. The number of hydrogen-bond acceptors (Lipinski definition) is 3. The van der Waals surface area contributed by atoms with E-state index in [4.69, 9.17) is 11.6 Å². The van der Waals surface area contributed by atoms with Crippen LogP contribution in [0.3, 0.4) is 0 Å². The number of fused-ring (bicyclic) bond motifs is 1. The van der Waals surface area contributed by atoms with Crippen molar-refractivity contribution < 1.29 is 0 Å². The molecule has 2 heterocycles. The summed E-state index contributed by atoms with van der Waals surface area (Å²) in [5.74, 6) is 0.792. The average Bonchev–Trinajstić information content (AvgIpc) is 2.78. The molecule has 0 spiro atoms. The highest BCUT2D eigenvalue weighted by Crippen LogP contribution is 2.25. The van der Waals surface area contributed by atoms with Crippen molar-refractivity contribution >= 4 is 22.5 Å². The molecule has 0 unspecified atom stereocenters. The van der Waals surface area contributed by atoms with Crippen LogP contribution >= 0.6 is 11.6 Å². The molecule has 0 aliphatic heterocycles. The van der Waals surface area contributed by atoms with Gasteiger partial charge in [0.25, 0.3) is 0 Å². The quantitative estimate of drug-likeness (QED) is 0.802. The largest absolute Gasteiger partial charge is 0.339 e. The third-order valence-electron chi connectivity index (χ3n) is 3.23. The van der Waals surface area contributed by atoms with Gasteiger partial charge in [0.2, 0.25) is 0 Å². The highest BCUT2D eigenvalue weighted by molar-refractivity contribution is 6.31. The molecule has 0 amide bonds. The molecule has 4 nitrogen and oxygen atoms in total. The Bertz CT molecular complexity index is 721.